The Kier molecular flexibility index (Phi) is 5.47. The topological polar surface area (TPSA) is 92.6 Å². The first-order chi connectivity index (χ1) is 12.4. The van der Waals surface area contributed by atoms with E-state index in [0.717, 1.165) is 12.1 Å². The van der Waals surface area contributed by atoms with E-state index in [1.807, 2.05) is 0 Å². The summed E-state index contributed by atoms with van der Waals surface area (Å²) in [6.07, 6.45) is -4.78. The van der Waals surface area contributed by atoms with Gasteiger partial charge in [-0.1, -0.05) is 30.3 Å². The third-order valence-corrected chi connectivity index (χ3v) is 3.17. The van der Waals surface area contributed by atoms with Gasteiger partial charge in [-0.15, -0.1) is 13.2 Å². The van der Waals surface area contributed by atoms with E-state index >= 15 is 0 Å². The number of rotatable bonds is 4. The van der Waals surface area contributed by atoms with Crippen molar-refractivity contribution in [3.63, 3.8) is 0 Å². The summed E-state index contributed by atoms with van der Waals surface area (Å²) in [5.41, 5.74) is 0.927. The fraction of sp³-hybridized carbons (Fsp3) is 0.0556. The molecule has 2 aromatic carbocycles. The van der Waals surface area contributed by atoms with E-state index < -0.39 is 6.36 Å². The third-order valence-electron chi connectivity index (χ3n) is 3.17. The van der Waals surface area contributed by atoms with Crippen molar-refractivity contribution < 1.29 is 17.9 Å². The molecule has 0 aliphatic rings. The van der Waals surface area contributed by atoms with Crippen LogP contribution in [0.2, 0.25) is 0 Å². The van der Waals surface area contributed by atoms with Gasteiger partial charge >= 0.3 is 6.36 Å². The smallest absolute Gasteiger partial charge is 0.406 e. The van der Waals surface area contributed by atoms with Crippen LogP contribution in [0.15, 0.2) is 59.8 Å². The molecule has 0 aliphatic heterocycles. The van der Waals surface area contributed by atoms with E-state index in [2.05, 4.69) is 10.1 Å². The Morgan fingerprint density at radius 1 is 0.885 bits per heavy atom. The lowest BCUT2D eigenvalue weighted by Gasteiger charge is -2.13. The van der Waals surface area contributed by atoms with Crippen LogP contribution in [0.1, 0.15) is 0 Å². The summed E-state index contributed by atoms with van der Waals surface area (Å²) in [5, 5.41) is 29.6. The van der Waals surface area contributed by atoms with Gasteiger partial charge in [-0.25, -0.2) is 0 Å². The highest BCUT2D eigenvalue weighted by Crippen LogP contribution is 2.31. The van der Waals surface area contributed by atoms with Crippen LogP contribution in [0.5, 0.6) is 5.75 Å². The molecule has 0 aromatic heterocycles. The predicted molar refractivity (Wildman–Crippen MR) is 86.0 cm³/mol. The first-order valence-electron chi connectivity index (χ1n) is 7.04. The predicted octanol–water partition coefficient (Wildman–Crippen LogP) is 4.49. The maximum Gasteiger partial charge on any atom is 0.573 e. The zero-order chi connectivity index (χ0) is 19.2. The first-order valence-corrected chi connectivity index (χ1v) is 7.04. The van der Waals surface area contributed by atoms with Gasteiger partial charge in [0.2, 0.25) is 0 Å². The van der Waals surface area contributed by atoms with Crippen LogP contribution in [-0.2, 0) is 0 Å². The Morgan fingerprint density at radius 3 is 2.04 bits per heavy atom. The standard InChI is InChI=1S/C18H9F3N4O/c19-18(20,21)26-14-7-5-12(6-8-14)15-3-1-2-4-16(15)25-17(11-24)13(9-22)10-23/h1-8,25H. The second-order valence-corrected chi connectivity index (χ2v) is 4.83. The second kappa shape index (κ2) is 7.74. The Hall–Kier alpha value is -3.96. The number of nitrogens with one attached hydrogen (secondary N) is 1. The van der Waals surface area contributed by atoms with Gasteiger partial charge < -0.3 is 10.1 Å². The molecule has 26 heavy (non-hydrogen) atoms. The first kappa shape index (κ1) is 18.4. The second-order valence-electron chi connectivity index (χ2n) is 4.83. The van der Waals surface area contributed by atoms with Gasteiger partial charge in [0.15, 0.2) is 5.57 Å². The molecule has 1 N–H and O–H groups in total. The lowest BCUT2D eigenvalue weighted by atomic mass is 10.0. The minimum absolute atomic E-state index is 0.223. The highest BCUT2D eigenvalue weighted by molar-refractivity contribution is 5.80. The molecule has 0 aliphatic carbocycles. The Balaban J connectivity index is 2.39. The largest absolute Gasteiger partial charge is 0.573 e. The molecule has 0 fully saturated rings. The van der Waals surface area contributed by atoms with Gasteiger partial charge in [0.25, 0.3) is 0 Å². The monoisotopic (exact) mass is 354 g/mol. The number of para-hydroxylation sites is 1. The SMILES string of the molecule is N#CC(C#N)=C(C#N)Nc1ccccc1-c1ccc(OC(F)(F)F)cc1. The summed E-state index contributed by atoms with van der Waals surface area (Å²) in [7, 11) is 0. The van der Waals surface area contributed by atoms with Gasteiger partial charge in [-0.3, -0.25) is 0 Å². The number of anilines is 1. The molecule has 128 valence electrons. The highest BCUT2D eigenvalue weighted by atomic mass is 19.4. The van der Waals surface area contributed by atoms with Gasteiger partial charge in [0.1, 0.15) is 29.7 Å². The van der Waals surface area contributed by atoms with Crippen LogP contribution < -0.4 is 10.1 Å². The maximum absolute atomic E-state index is 12.2. The summed E-state index contributed by atoms with van der Waals surface area (Å²) in [4.78, 5) is 0. The zero-order valence-corrected chi connectivity index (χ0v) is 13.0. The highest BCUT2D eigenvalue weighted by Gasteiger charge is 2.31. The summed E-state index contributed by atoms with van der Waals surface area (Å²) < 4.78 is 40.5. The zero-order valence-electron chi connectivity index (χ0n) is 13.0. The molecule has 5 nitrogen and oxygen atoms in total. The number of benzene rings is 2. The third kappa shape index (κ3) is 4.53. The van der Waals surface area contributed by atoms with Gasteiger partial charge in [0, 0.05) is 11.3 Å². The Morgan fingerprint density at radius 2 is 1.50 bits per heavy atom. The molecule has 0 bridgehead atoms. The number of alkyl halides is 3. The minimum Gasteiger partial charge on any atom is -0.406 e. The number of hydrogen-bond donors (Lipinski definition) is 1. The number of nitrogens with zero attached hydrogens (tertiary/aromatic N) is 3. The number of hydrogen-bond acceptors (Lipinski definition) is 5. The molecule has 8 heteroatoms. The van der Waals surface area contributed by atoms with Gasteiger partial charge in [-0.2, -0.15) is 15.8 Å². The average Bonchev–Trinajstić information content (AvgIpc) is 2.61. The molecule has 0 spiro atoms. The van der Waals surface area contributed by atoms with Crippen LogP contribution in [0.4, 0.5) is 18.9 Å². The number of allylic oxidation sites excluding steroid dienone is 2. The van der Waals surface area contributed by atoms with E-state index in [9.17, 15) is 13.2 Å². The van der Waals surface area contributed by atoms with Crippen molar-refractivity contribution >= 4 is 5.69 Å². The molecular formula is C18H9F3N4O. The lowest BCUT2D eigenvalue weighted by molar-refractivity contribution is -0.274. The van der Waals surface area contributed by atoms with Crippen molar-refractivity contribution in [2.24, 2.45) is 0 Å². The van der Waals surface area contributed by atoms with E-state index in [0.29, 0.717) is 16.8 Å². The summed E-state index contributed by atoms with van der Waals surface area (Å²) in [6, 6.07) is 16.8. The molecule has 2 rings (SSSR count). The van der Waals surface area contributed by atoms with Crippen LogP contribution in [0, 0.1) is 34.0 Å². The Labute approximate surface area is 146 Å². The molecule has 0 heterocycles. The van der Waals surface area contributed by atoms with Crippen molar-refractivity contribution in [3.8, 4) is 35.1 Å². The van der Waals surface area contributed by atoms with Gasteiger partial charge in [-0.05, 0) is 23.8 Å². The van der Waals surface area contributed by atoms with Crippen molar-refractivity contribution in [3.05, 3.63) is 59.8 Å². The molecule has 0 unspecified atom stereocenters. The molecular weight excluding hydrogens is 345 g/mol. The van der Waals surface area contributed by atoms with Crippen LogP contribution in [-0.4, -0.2) is 6.36 Å². The molecule has 0 radical (unpaired) electrons. The van der Waals surface area contributed by atoms with Crippen LogP contribution >= 0.6 is 0 Å². The fourth-order valence-electron chi connectivity index (χ4n) is 2.10. The molecule has 0 amide bonds. The minimum atomic E-state index is -4.78. The summed E-state index contributed by atoms with van der Waals surface area (Å²) >= 11 is 0. The molecule has 0 saturated carbocycles. The van der Waals surface area contributed by atoms with Crippen molar-refractivity contribution in [1.82, 2.24) is 0 Å². The number of halogens is 3. The molecule has 0 atom stereocenters. The van der Waals surface area contributed by atoms with E-state index in [4.69, 9.17) is 15.8 Å². The maximum atomic E-state index is 12.2. The number of nitriles is 3. The van der Waals surface area contributed by atoms with Crippen molar-refractivity contribution in [1.29, 1.82) is 15.8 Å². The van der Waals surface area contributed by atoms with E-state index in [1.54, 1.807) is 42.5 Å². The van der Waals surface area contributed by atoms with Crippen LogP contribution in [0.25, 0.3) is 11.1 Å². The summed E-state index contributed by atoms with van der Waals surface area (Å²) in [5.74, 6) is -0.361. The van der Waals surface area contributed by atoms with Gasteiger partial charge in [0.05, 0.1) is 0 Å². The average molecular weight is 354 g/mol. The number of ether oxygens (including phenoxy) is 1. The summed E-state index contributed by atoms with van der Waals surface area (Å²) in [6.45, 7) is 0. The fourth-order valence-corrected chi connectivity index (χ4v) is 2.10. The Bertz CT molecular complexity index is 942. The molecule has 0 saturated heterocycles. The quantitative estimate of drug-likeness (QED) is 0.817. The normalized spacial score (nSPS) is 10.0. The van der Waals surface area contributed by atoms with E-state index in [1.165, 1.54) is 12.1 Å². The molecule has 2 aromatic rings. The van der Waals surface area contributed by atoms with Crippen molar-refractivity contribution in [2.75, 3.05) is 5.32 Å². The van der Waals surface area contributed by atoms with Crippen LogP contribution in [0.3, 0.4) is 0 Å². The van der Waals surface area contributed by atoms with E-state index in [-0.39, 0.29) is 17.0 Å². The van der Waals surface area contributed by atoms with Crippen molar-refractivity contribution in [2.45, 2.75) is 6.36 Å². The lowest BCUT2D eigenvalue weighted by Crippen LogP contribution is -2.16.